The number of hydrogen-bond acceptors (Lipinski definition) is 1. The maximum Gasteiger partial charge on any atom is 0.123 e. The predicted molar refractivity (Wildman–Crippen MR) is 78.1 cm³/mol. The molecule has 2 rings (SSSR count). The highest BCUT2D eigenvalue weighted by Crippen LogP contribution is 2.31. The third kappa shape index (κ3) is 3.27. The van der Waals surface area contributed by atoms with Gasteiger partial charge in [0, 0.05) is 15.6 Å². The summed E-state index contributed by atoms with van der Waals surface area (Å²) < 4.78 is 13.3. The minimum atomic E-state index is -0.739. The van der Waals surface area contributed by atoms with E-state index in [1.165, 1.54) is 12.1 Å². The Morgan fingerprint density at radius 1 is 1.11 bits per heavy atom. The molecule has 0 spiro atoms. The van der Waals surface area contributed by atoms with Gasteiger partial charge in [0.2, 0.25) is 0 Å². The first-order valence-corrected chi connectivity index (χ1v) is 6.63. The summed E-state index contributed by atoms with van der Waals surface area (Å²) in [5.41, 5.74) is 7.04. The highest BCUT2D eigenvalue weighted by atomic mass is 35.5. The average molecular weight is 298 g/mol. The van der Waals surface area contributed by atoms with E-state index in [0.29, 0.717) is 22.0 Å². The second kappa shape index (κ2) is 5.49. The summed E-state index contributed by atoms with van der Waals surface area (Å²) in [7, 11) is 0. The van der Waals surface area contributed by atoms with Crippen molar-refractivity contribution in [3.05, 3.63) is 69.5 Å². The third-order valence-electron chi connectivity index (χ3n) is 3.09. The summed E-state index contributed by atoms with van der Waals surface area (Å²) in [5.74, 6) is -0.306. The lowest BCUT2D eigenvalue weighted by molar-refractivity contribution is 0.486. The van der Waals surface area contributed by atoms with Crippen LogP contribution < -0.4 is 5.73 Å². The van der Waals surface area contributed by atoms with Crippen LogP contribution in [0.5, 0.6) is 0 Å². The molecular weight excluding hydrogens is 284 g/mol. The number of hydrogen-bond donors (Lipinski definition) is 1. The molecule has 0 aliphatic rings. The molecule has 19 heavy (non-hydrogen) atoms. The molecule has 0 saturated heterocycles. The quantitative estimate of drug-likeness (QED) is 0.884. The maximum absolute atomic E-state index is 13.3. The molecule has 0 aliphatic carbocycles. The fourth-order valence-electron chi connectivity index (χ4n) is 2.01. The van der Waals surface area contributed by atoms with Crippen LogP contribution in [0.3, 0.4) is 0 Å². The van der Waals surface area contributed by atoms with E-state index in [1.807, 2.05) is 6.92 Å². The summed E-state index contributed by atoms with van der Waals surface area (Å²) in [6.07, 6.45) is 0.439. The van der Waals surface area contributed by atoms with Gasteiger partial charge >= 0.3 is 0 Å². The van der Waals surface area contributed by atoms with Gasteiger partial charge in [0.25, 0.3) is 0 Å². The van der Waals surface area contributed by atoms with Gasteiger partial charge in [0.1, 0.15) is 5.82 Å². The second-order valence-electron chi connectivity index (χ2n) is 4.80. The molecule has 2 aromatic carbocycles. The van der Waals surface area contributed by atoms with E-state index in [0.717, 1.165) is 5.56 Å². The molecule has 4 heteroatoms. The molecule has 1 unspecified atom stereocenters. The van der Waals surface area contributed by atoms with Crippen molar-refractivity contribution in [2.24, 2.45) is 5.73 Å². The Kier molecular flexibility index (Phi) is 4.14. The average Bonchev–Trinajstić information content (AvgIpc) is 2.34. The Balaban J connectivity index is 2.36. The van der Waals surface area contributed by atoms with Crippen LogP contribution in [0.2, 0.25) is 10.0 Å². The van der Waals surface area contributed by atoms with E-state index in [4.69, 9.17) is 28.9 Å². The zero-order chi connectivity index (χ0) is 14.0. The minimum absolute atomic E-state index is 0.306. The number of benzene rings is 2. The van der Waals surface area contributed by atoms with Crippen LogP contribution in [0.1, 0.15) is 18.1 Å². The molecule has 2 N–H and O–H groups in total. The Morgan fingerprint density at radius 3 is 2.26 bits per heavy atom. The van der Waals surface area contributed by atoms with Crippen molar-refractivity contribution in [3.8, 4) is 0 Å². The number of nitrogens with two attached hydrogens (primary N) is 1. The van der Waals surface area contributed by atoms with Gasteiger partial charge in [-0.05, 0) is 48.7 Å². The molecule has 1 atom stereocenters. The highest BCUT2D eigenvalue weighted by molar-refractivity contribution is 6.36. The summed E-state index contributed by atoms with van der Waals surface area (Å²) in [6.45, 7) is 1.83. The summed E-state index contributed by atoms with van der Waals surface area (Å²) in [6, 6.07) is 11.6. The molecular formula is C15H14Cl2FN. The molecule has 0 heterocycles. The van der Waals surface area contributed by atoms with Crippen molar-refractivity contribution < 1.29 is 4.39 Å². The second-order valence-corrected chi connectivity index (χ2v) is 5.62. The zero-order valence-electron chi connectivity index (χ0n) is 10.5. The van der Waals surface area contributed by atoms with E-state index in [-0.39, 0.29) is 5.82 Å². The van der Waals surface area contributed by atoms with Crippen molar-refractivity contribution in [2.75, 3.05) is 0 Å². The van der Waals surface area contributed by atoms with Crippen molar-refractivity contribution in [1.29, 1.82) is 0 Å². The Hall–Kier alpha value is -1.09. The molecule has 0 saturated carbocycles. The van der Waals surface area contributed by atoms with Gasteiger partial charge in [-0.2, -0.15) is 0 Å². The lowest BCUT2D eigenvalue weighted by atomic mass is 9.86. The van der Waals surface area contributed by atoms with E-state index in [9.17, 15) is 4.39 Å². The first-order valence-electron chi connectivity index (χ1n) is 5.88. The molecule has 2 aromatic rings. The predicted octanol–water partition coefficient (Wildman–Crippen LogP) is 4.55. The van der Waals surface area contributed by atoms with Gasteiger partial charge in [0.15, 0.2) is 0 Å². The van der Waals surface area contributed by atoms with E-state index < -0.39 is 5.54 Å². The van der Waals surface area contributed by atoms with Crippen molar-refractivity contribution in [2.45, 2.75) is 18.9 Å². The van der Waals surface area contributed by atoms with Gasteiger partial charge in [-0.1, -0.05) is 41.4 Å². The molecule has 0 radical (unpaired) electrons. The molecule has 0 amide bonds. The van der Waals surface area contributed by atoms with Crippen LogP contribution in [-0.2, 0) is 12.0 Å². The van der Waals surface area contributed by atoms with Crippen LogP contribution in [0.4, 0.5) is 4.39 Å². The monoisotopic (exact) mass is 297 g/mol. The molecule has 0 bridgehead atoms. The van der Waals surface area contributed by atoms with Gasteiger partial charge in [-0.25, -0.2) is 4.39 Å². The van der Waals surface area contributed by atoms with Crippen molar-refractivity contribution in [1.82, 2.24) is 0 Å². The molecule has 0 aromatic heterocycles. The largest absolute Gasteiger partial charge is 0.321 e. The molecule has 1 nitrogen and oxygen atoms in total. The zero-order valence-corrected chi connectivity index (χ0v) is 12.0. The van der Waals surface area contributed by atoms with Crippen LogP contribution in [0.15, 0.2) is 42.5 Å². The lowest BCUT2D eigenvalue weighted by Crippen LogP contribution is -2.35. The van der Waals surface area contributed by atoms with Crippen LogP contribution in [-0.4, -0.2) is 0 Å². The van der Waals surface area contributed by atoms with Crippen LogP contribution in [0.25, 0.3) is 0 Å². The molecule has 0 fully saturated rings. The fourth-order valence-corrected chi connectivity index (χ4v) is 2.55. The van der Waals surface area contributed by atoms with Crippen molar-refractivity contribution >= 4 is 23.2 Å². The SMILES string of the molecule is CC(N)(Cc1c(Cl)cccc1Cl)c1cccc(F)c1. The summed E-state index contributed by atoms with van der Waals surface area (Å²) >= 11 is 12.3. The van der Waals surface area contributed by atoms with Gasteiger partial charge in [-0.15, -0.1) is 0 Å². The minimum Gasteiger partial charge on any atom is -0.321 e. The Labute approximate surface area is 122 Å². The fraction of sp³-hybridized carbons (Fsp3) is 0.200. The smallest absolute Gasteiger partial charge is 0.123 e. The molecule has 0 aliphatic heterocycles. The van der Waals surface area contributed by atoms with Crippen LogP contribution in [0, 0.1) is 5.82 Å². The molecule has 100 valence electrons. The highest BCUT2D eigenvalue weighted by Gasteiger charge is 2.24. The standard InChI is InChI=1S/C15H14Cl2FN/c1-15(19,10-4-2-5-11(18)8-10)9-12-13(16)6-3-7-14(12)17/h2-8H,9,19H2,1H3. The van der Waals surface area contributed by atoms with Crippen molar-refractivity contribution in [3.63, 3.8) is 0 Å². The van der Waals surface area contributed by atoms with E-state index in [1.54, 1.807) is 30.3 Å². The summed E-state index contributed by atoms with van der Waals surface area (Å²) in [5, 5.41) is 1.14. The third-order valence-corrected chi connectivity index (χ3v) is 3.80. The lowest BCUT2D eigenvalue weighted by Gasteiger charge is -2.26. The number of rotatable bonds is 3. The topological polar surface area (TPSA) is 26.0 Å². The van der Waals surface area contributed by atoms with Gasteiger partial charge in [0.05, 0.1) is 0 Å². The Bertz CT molecular complexity index is 576. The number of halogens is 3. The van der Waals surface area contributed by atoms with Gasteiger partial charge < -0.3 is 5.73 Å². The van der Waals surface area contributed by atoms with Gasteiger partial charge in [-0.3, -0.25) is 0 Å². The summed E-state index contributed by atoms with van der Waals surface area (Å²) in [4.78, 5) is 0. The van der Waals surface area contributed by atoms with E-state index >= 15 is 0 Å². The maximum atomic E-state index is 13.3. The normalized spacial score (nSPS) is 14.2. The van der Waals surface area contributed by atoms with Crippen LogP contribution >= 0.6 is 23.2 Å². The Morgan fingerprint density at radius 2 is 1.68 bits per heavy atom. The van der Waals surface area contributed by atoms with E-state index in [2.05, 4.69) is 0 Å². The first-order chi connectivity index (χ1) is 8.90. The first kappa shape index (κ1) is 14.3.